The van der Waals surface area contributed by atoms with Crippen LogP contribution in [0.5, 0.6) is 0 Å². The van der Waals surface area contributed by atoms with Gasteiger partial charge in [0.25, 0.3) is 0 Å². The summed E-state index contributed by atoms with van der Waals surface area (Å²) in [5, 5.41) is 2.41. The van der Waals surface area contributed by atoms with Crippen molar-refractivity contribution in [3.63, 3.8) is 0 Å². The summed E-state index contributed by atoms with van der Waals surface area (Å²) in [6.45, 7) is 15.9. The Morgan fingerprint density at radius 2 is 0.606 bits per heavy atom. The zero-order valence-corrected chi connectivity index (χ0v) is 57.0. The van der Waals surface area contributed by atoms with Crippen LogP contribution in [0.1, 0.15) is 173 Å². The van der Waals surface area contributed by atoms with Gasteiger partial charge in [-0.25, -0.2) is 0 Å². The summed E-state index contributed by atoms with van der Waals surface area (Å²) in [7, 11) is 0. The van der Waals surface area contributed by atoms with Crippen LogP contribution in [0.4, 0.5) is 34.1 Å². The van der Waals surface area contributed by atoms with Crippen LogP contribution < -0.4 is 9.80 Å². The van der Waals surface area contributed by atoms with Crippen molar-refractivity contribution in [3.8, 4) is 27.9 Å². The minimum atomic E-state index is -0.467. The molecule has 1 aliphatic carbocycles. The number of hydrogen-bond donors (Lipinski definition) is 0. The third-order valence-corrected chi connectivity index (χ3v) is 20.2. The molecule has 1 aliphatic rings. The number of nitrogens with zero attached hydrogens (tertiary/aromatic N) is 3. The van der Waals surface area contributed by atoms with Gasteiger partial charge in [0.15, 0.2) is 0 Å². The largest absolute Gasteiger partial charge is 0.310 e. The molecular weight excluding hydrogens is 1140 g/mol. The first kappa shape index (κ1) is 63.6. The maximum Gasteiger partial charge on any atom is 0.0713 e. The number of benzene rings is 11. The molecule has 0 bridgehead atoms. The molecule has 3 nitrogen and oxygen atoms in total. The normalized spacial score (nSPS) is 12.4. The van der Waals surface area contributed by atoms with Crippen LogP contribution >= 0.6 is 0 Å². The molecule has 0 saturated carbocycles. The lowest BCUT2D eigenvalue weighted by Crippen LogP contribution is -2.28. The topological polar surface area (TPSA) is 11.4 Å². The van der Waals surface area contributed by atoms with E-state index in [2.05, 4.69) is 305 Å². The second-order valence-electron chi connectivity index (χ2n) is 27.0. The highest BCUT2D eigenvalue weighted by molar-refractivity contribution is 6.12. The lowest BCUT2D eigenvalue weighted by molar-refractivity contribution is 0.666. The molecule has 11 aromatic carbocycles. The fraction of sp³-hybridized carbons (Fsp3) is 0.275. The smallest absolute Gasteiger partial charge is 0.0713 e. The van der Waals surface area contributed by atoms with Crippen molar-refractivity contribution in [3.05, 3.63) is 304 Å². The lowest BCUT2D eigenvalue weighted by Gasteiger charge is -2.34. The molecule has 0 saturated heterocycles. The Morgan fingerprint density at radius 3 is 0.968 bits per heavy atom. The van der Waals surface area contributed by atoms with E-state index in [1.807, 2.05) is 0 Å². The fourth-order valence-electron chi connectivity index (χ4n) is 15.0. The molecule has 94 heavy (non-hydrogen) atoms. The molecule has 12 aromatic rings. The summed E-state index contributed by atoms with van der Waals surface area (Å²) in [6.07, 6.45) is 20.0. The monoisotopic (exact) mass is 1230 g/mol. The Labute approximate surface area is 561 Å². The number of anilines is 6. The summed E-state index contributed by atoms with van der Waals surface area (Å²) in [4.78, 5) is 4.93. The van der Waals surface area contributed by atoms with Gasteiger partial charge in [0.05, 0.1) is 16.4 Å². The Bertz CT molecular complexity index is 4170. The molecule has 0 atom stereocenters. The summed E-state index contributed by atoms with van der Waals surface area (Å²) in [5.41, 5.74) is 29.8. The van der Waals surface area contributed by atoms with Gasteiger partial charge in [-0.1, -0.05) is 236 Å². The van der Waals surface area contributed by atoms with E-state index in [1.54, 1.807) is 0 Å². The van der Waals surface area contributed by atoms with Gasteiger partial charge in [-0.3, -0.25) is 0 Å². The average Bonchev–Trinajstić information content (AvgIpc) is 1.53. The van der Waals surface area contributed by atoms with Crippen LogP contribution in [0, 0.1) is 13.8 Å². The maximum absolute atomic E-state index is 2.50. The zero-order chi connectivity index (χ0) is 64.5. The predicted octanol–water partition coefficient (Wildman–Crippen LogP) is 25.9. The SMILES string of the molecule is CCCCCCc1ccc(C2(c3ccc(-c4ccc(-n5c6ccc(N(c7ccc(CCCC)cc7)c7ccc(CCCC)cc7)cc6c6cc(N(c7ccc(CCCC)cc7)c7ccc(CCCC)cc7)ccc65)cc4)cc3)c3cc(C)ccc3-c3ccc(C)cc32)cc1. The summed E-state index contributed by atoms with van der Waals surface area (Å²) >= 11 is 0. The van der Waals surface area contributed by atoms with Gasteiger partial charge in [-0.05, 0) is 247 Å². The highest BCUT2D eigenvalue weighted by atomic mass is 15.1. The van der Waals surface area contributed by atoms with E-state index in [9.17, 15) is 0 Å². The van der Waals surface area contributed by atoms with Gasteiger partial charge >= 0.3 is 0 Å². The van der Waals surface area contributed by atoms with E-state index >= 15 is 0 Å². The number of fused-ring (bicyclic) bond motifs is 6. The van der Waals surface area contributed by atoms with Crippen molar-refractivity contribution >= 4 is 55.9 Å². The van der Waals surface area contributed by atoms with E-state index < -0.39 is 5.41 Å². The Balaban J connectivity index is 0.929. The Morgan fingerprint density at radius 1 is 0.287 bits per heavy atom. The molecule has 0 N–H and O–H groups in total. The predicted molar refractivity (Wildman–Crippen MR) is 405 cm³/mol. The van der Waals surface area contributed by atoms with E-state index in [4.69, 9.17) is 0 Å². The molecule has 13 rings (SSSR count). The first-order valence-corrected chi connectivity index (χ1v) is 35.8. The van der Waals surface area contributed by atoms with Crippen molar-refractivity contribution < 1.29 is 0 Å². The summed E-state index contributed by atoms with van der Waals surface area (Å²) in [6, 6.07) is 94.5. The molecule has 0 fully saturated rings. The van der Waals surface area contributed by atoms with Crippen LogP contribution in [-0.4, -0.2) is 4.57 Å². The first-order valence-electron chi connectivity index (χ1n) is 35.8. The molecular formula is C91H95N3. The van der Waals surface area contributed by atoms with Crippen molar-refractivity contribution in [2.24, 2.45) is 0 Å². The van der Waals surface area contributed by atoms with Crippen molar-refractivity contribution in [2.45, 2.75) is 163 Å². The van der Waals surface area contributed by atoms with Gasteiger partial charge in [-0.15, -0.1) is 0 Å². The third-order valence-electron chi connectivity index (χ3n) is 20.2. The fourth-order valence-corrected chi connectivity index (χ4v) is 15.0. The van der Waals surface area contributed by atoms with Gasteiger partial charge in [0.1, 0.15) is 0 Å². The van der Waals surface area contributed by atoms with Gasteiger partial charge in [0, 0.05) is 50.6 Å². The molecule has 1 heterocycles. The van der Waals surface area contributed by atoms with Gasteiger partial charge in [0.2, 0.25) is 0 Å². The lowest BCUT2D eigenvalue weighted by atomic mass is 9.67. The van der Waals surface area contributed by atoms with Crippen LogP contribution in [-0.2, 0) is 37.5 Å². The van der Waals surface area contributed by atoms with Crippen LogP contribution in [0.15, 0.2) is 243 Å². The molecule has 1 aromatic heterocycles. The van der Waals surface area contributed by atoms with Gasteiger partial charge < -0.3 is 14.4 Å². The van der Waals surface area contributed by atoms with Gasteiger partial charge in [-0.2, -0.15) is 0 Å². The zero-order valence-electron chi connectivity index (χ0n) is 57.0. The Hall–Kier alpha value is -9.18. The van der Waals surface area contributed by atoms with E-state index in [-0.39, 0.29) is 0 Å². The van der Waals surface area contributed by atoms with E-state index in [0.29, 0.717) is 0 Å². The van der Waals surface area contributed by atoms with Crippen LogP contribution in [0.25, 0.3) is 49.7 Å². The number of aromatic nitrogens is 1. The van der Waals surface area contributed by atoms with E-state index in [0.717, 1.165) is 71.9 Å². The molecule has 474 valence electrons. The van der Waals surface area contributed by atoms with Crippen molar-refractivity contribution in [1.29, 1.82) is 0 Å². The highest BCUT2D eigenvalue weighted by Gasteiger charge is 2.46. The number of rotatable bonds is 27. The second-order valence-corrected chi connectivity index (χ2v) is 27.0. The number of hydrogen-bond acceptors (Lipinski definition) is 2. The van der Waals surface area contributed by atoms with Crippen LogP contribution in [0.3, 0.4) is 0 Å². The highest BCUT2D eigenvalue weighted by Crippen LogP contribution is 2.57. The molecule has 3 heteroatoms. The molecule has 0 aliphatic heterocycles. The minimum absolute atomic E-state index is 0.467. The van der Waals surface area contributed by atoms with Crippen molar-refractivity contribution in [2.75, 3.05) is 9.80 Å². The van der Waals surface area contributed by atoms with E-state index in [1.165, 1.54) is 182 Å². The Kier molecular flexibility index (Phi) is 19.6. The second kappa shape index (κ2) is 29.0. The quantitative estimate of drug-likeness (QED) is 0.0476. The summed E-state index contributed by atoms with van der Waals surface area (Å²) < 4.78 is 2.50. The third kappa shape index (κ3) is 13.0. The van der Waals surface area contributed by atoms with Crippen molar-refractivity contribution in [1.82, 2.24) is 4.57 Å². The van der Waals surface area contributed by atoms with Crippen LogP contribution in [0.2, 0.25) is 0 Å². The first-order chi connectivity index (χ1) is 46.2. The molecule has 0 unspecified atom stereocenters. The number of aryl methyl sites for hydroxylation is 7. The maximum atomic E-state index is 2.50. The average molecular weight is 1230 g/mol. The molecule has 0 radical (unpaired) electrons. The minimum Gasteiger partial charge on any atom is -0.310 e. The molecule has 0 spiro atoms. The number of unbranched alkanes of at least 4 members (excludes halogenated alkanes) is 7. The standard InChI is InChI=1S/C91H95N3/c1-8-13-18-19-24-71-27-41-74(42-28-71)91(87-61-65(6)25-57-83(87)84-58-26-66(7)62-88(84)91)75-43-37-72(38-44-75)73-39-53-80(54-40-73)94-89-59-55-81(92(76-45-29-67(30-46-76)20-14-9-2)77-47-31-68(32-48-77)21-15-10-3)63-85(89)86-64-82(56-60-90(86)94)93(78-49-33-69(34-50-78)22-16-11-4)79-51-35-70(36-52-79)23-17-12-5/h25-64H,8-24H2,1-7H3. The summed E-state index contributed by atoms with van der Waals surface area (Å²) in [5.74, 6) is 0. The molecule has 0 amide bonds.